The van der Waals surface area contributed by atoms with Gasteiger partial charge in [0.15, 0.2) is 0 Å². The zero-order valence-corrected chi connectivity index (χ0v) is 17.2. The van der Waals surface area contributed by atoms with Gasteiger partial charge in [-0.15, -0.1) is 0 Å². The van der Waals surface area contributed by atoms with E-state index in [1.165, 1.54) is 26.0 Å². The second kappa shape index (κ2) is 8.88. The highest BCUT2D eigenvalue weighted by Crippen LogP contribution is 2.24. The zero-order valence-electron chi connectivity index (χ0n) is 17.2. The highest BCUT2D eigenvalue weighted by molar-refractivity contribution is 5.95. The molecule has 0 bridgehead atoms. The standard InChI is InChI=1S/C21H31F2N3O2/c1-5-6-7-15-13-25(19(27)12-21(3,4)23)8-9-26(15)20(28)16-10-14(2)18(24)11-17(16)22/h10-11,15H,5-9,12-13,24H2,1-4H3/t15-/m0/s1. The predicted octanol–water partition coefficient (Wildman–Crippen LogP) is 3.70. The Morgan fingerprint density at radius 2 is 1.96 bits per heavy atom. The lowest BCUT2D eigenvalue weighted by molar-refractivity contribution is -0.136. The highest BCUT2D eigenvalue weighted by Gasteiger charge is 2.35. The summed E-state index contributed by atoms with van der Waals surface area (Å²) in [5.74, 6) is -1.28. The first-order valence-electron chi connectivity index (χ1n) is 9.86. The number of carbonyl (C=O) groups is 2. The van der Waals surface area contributed by atoms with Gasteiger partial charge in [-0.3, -0.25) is 9.59 Å². The lowest BCUT2D eigenvalue weighted by atomic mass is 10.0. The van der Waals surface area contributed by atoms with Crippen LogP contribution in [0, 0.1) is 12.7 Å². The lowest BCUT2D eigenvalue weighted by Gasteiger charge is -2.42. The van der Waals surface area contributed by atoms with Crippen LogP contribution in [0.5, 0.6) is 0 Å². The number of unbranched alkanes of at least 4 members (excludes halogenated alkanes) is 1. The van der Waals surface area contributed by atoms with Gasteiger partial charge in [0.05, 0.1) is 12.0 Å². The SMILES string of the molecule is CCCC[C@H]1CN(C(=O)CC(C)(C)F)CCN1C(=O)c1cc(C)c(N)cc1F. The van der Waals surface area contributed by atoms with E-state index in [-0.39, 0.29) is 29.8 Å². The number of hydrogen-bond donors (Lipinski definition) is 1. The fraction of sp³-hybridized carbons (Fsp3) is 0.619. The molecule has 1 atom stereocenters. The van der Waals surface area contributed by atoms with Gasteiger partial charge in [0, 0.05) is 31.4 Å². The third kappa shape index (κ3) is 5.42. The van der Waals surface area contributed by atoms with Crippen molar-refractivity contribution in [2.75, 3.05) is 25.4 Å². The van der Waals surface area contributed by atoms with Crippen molar-refractivity contribution in [2.24, 2.45) is 0 Å². The molecule has 7 heteroatoms. The number of nitrogen functional groups attached to an aromatic ring is 1. The van der Waals surface area contributed by atoms with Crippen molar-refractivity contribution in [3.8, 4) is 0 Å². The summed E-state index contributed by atoms with van der Waals surface area (Å²) in [6.45, 7) is 7.50. The van der Waals surface area contributed by atoms with Gasteiger partial charge in [0.2, 0.25) is 5.91 Å². The molecule has 1 aromatic rings. The van der Waals surface area contributed by atoms with E-state index in [0.717, 1.165) is 12.8 Å². The van der Waals surface area contributed by atoms with Crippen LogP contribution in [-0.4, -0.2) is 53.0 Å². The van der Waals surface area contributed by atoms with Crippen molar-refractivity contribution >= 4 is 17.5 Å². The van der Waals surface area contributed by atoms with Crippen LogP contribution in [-0.2, 0) is 4.79 Å². The molecule has 0 spiro atoms. The Morgan fingerprint density at radius 3 is 2.57 bits per heavy atom. The summed E-state index contributed by atoms with van der Waals surface area (Å²) in [5.41, 5.74) is 5.10. The Hall–Kier alpha value is -2.18. The molecule has 0 aromatic heterocycles. The first-order chi connectivity index (χ1) is 13.0. The number of rotatable bonds is 6. The van der Waals surface area contributed by atoms with Crippen molar-refractivity contribution in [1.29, 1.82) is 0 Å². The largest absolute Gasteiger partial charge is 0.398 e. The van der Waals surface area contributed by atoms with E-state index in [9.17, 15) is 18.4 Å². The van der Waals surface area contributed by atoms with Gasteiger partial charge >= 0.3 is 0 Å². The molecule has 28 heavy (non-hydrogen) atoms. The van der Waals surface area contributed by atoms with Crippen molar-refractivity contribution in [2.45, 2.75) is 65.1 Å². The molecule has 156 valence electrons. The van der Waals surface area contributed by atoms with Crippen LogP contribution >= 0.6 is 0 Å². The van der Waals surface area contributed by atoms with Gasteiger partial charge in [-0.05, 0) is 44.9 Å². The van der Waals surface area contributed by atoms with Crippen LogP contribution in [0.25, 0.3) is 0 Å². The molecule has 0 unspecified atom stereocenters. The van der Waals surface area contributed by atoms with Crippen LogP contribution in [0.2, 0.25) is 0 Å². The maximum absolute atomic E-state index is 14.4. The number of carbonyl (C=O) groups excluding carboxylic acids is 2. The predicted molar refractivity (Wildman–Crippen MR) is 106 cm³/mol. The first-order valence-corrected chi connectivity index (χ1v) is 9.86. The van der Waals surface area contributed by atoms with Crippen molar-refractivity contribution in [3.05, 3.63) is 29.1 Å². The topological polar surface area (TPSA) is 66.6 Å². The quantitative estimate of drug-likeness (QED) is 0.747. The molecule has 5 nitrogen and oxygen atoms in total. The van der Waals surface area contributed by atoms with Gasteiger partial charge in [0.1, 0.15) is 11.5 Å². The number of amides is 2. The molecule has 1 aliphatic heterocycles. The molecule has 2 rings (SSSR count). The number of hydrogen-bond acceptors (Lipinski definition) is 3. The number of nitrogens with two attached hydrogens (primary N) is 1. The van der Waals surface area contributed by atoms with E-state index in [1.807, 2.05) is 6.92 Å². The smallest absolute Gasteiger partial charge is 0.257 e. The van der Waals surface area contributed by atoms with Crippen molar-refractivity contribution < 1.29 is 18.4 Å². The number of anilines is 1. The second-order valence-electron chi connectivity index (χ2n) is 8.22. The number of piperazine rings is 1. The van der Waals surface area contributed by atoms with Gasteiger partial charge in [0.25, 0.3) is 5.91 Å². The Bertz CT molecular complexity index is 731. The Labute approximate surface area is 165 Å². The molecule has 1 fully saturated rings. The van der Waals surface area contributed by atoms with E-state index < -0.39 is 11.5 Å². The maximum atomic E-state index is 14.4. The van der Waals surface area contributed by atoms with Crippen LogP contribution in [0.15, 0.2) is 12.1 Å². The first kappa shape index (κ1) is 22.1. The van der Waals surface area contributed by atoms with Crippen molar-refractivity contribution in [3.63, 3.8) is 0 Å². The molecule has 1 aromatic carbocycles. The molecule has 1 aliphatic rings. The Kier molecular flexibility index (Phi) is 7.01. The van der Waals surface area contributed by atoms with E-state index in [2.05, 4.69) is 0 Å². The summed E-state index contributed by atoms with van der Waals surface area (Å²) < 4.78 is 28.2. The Morgan fingerprint density at radius 1 is 1.29 bits per heavy atom. The van der Waals surface area contributed by atoms with E-state index in [4.69, 9.17) is 5.73 Å². The summed E-state index contributed by atoms with van der Waals surface area (Å²) in [4.78, 5) is 28.7. The molecular weight excluding hydrogens is 364 g/mol. The zero-order chi connectivity index (χ0) is 21.1. The summed E-state index contributed by atoms with van der Waals surface area (Å²) in [6.07, 6.45) is 2.35. The summed E-state index contributed by atoms with van der Waals surface area (Å²) in [5, 5.41) is 0. The minimum absolute atomic E-state index is 0.00198. The lowest BCUT2D eigenvalue weighted by Crippen LogP contribution is -2.57. The molecule has 0 aliphatic carbocycles. The molecular formula is C21H31F2N3O2. The normalized spacial score (nSPS) is 17.7. The monoisotopic (exact) mass is 395 g/mol. The molecule has 0 radical (unpaired) electrons. The van der Waals surface area contributed by atoms with Crippen LogP contribution in [0.1, 0.15) is 62.4 Å². The highest BCUT2D eigenvalue weighted by atomic mass is 19.1. The third-order valence-corrected chi connectivity index (χ3v) is 5.14. The second-order valence-corrected chi connectivity index (χ2v) is 8.22. The number of benzene rings is 1. The van der Waals surface area contributed by atoms with Crippen LogP contribution in [0.4, 0.5) is 14.5 Å². The van der Waals surface area contributed by atoms with Gasteiger partial charge < -0.3 is 15.5 Å². The number of alkyl halides is 1. The number of halogens is 2. The summed E-state index contributed by atoms with van der Waals surface area (Å²) >= 11 is 0. The number of nitrogens with zero attached hydrogens (tertiary/aromatic N) is 2. The fourth-order valence-corrected chi connectivity index (χ4v) is 3.52. The maximum Gasteiger partial charge on any atom is 0.257 e. The van der Waals surface area contributed by atoms with E-state index >= 15 is 0 Å². The van der Waals surface area contributed by atoms with Crippen molar-refractivity contribution in [1.82, 2.24) is 9.80 Å². The summed E-state index contributed by atoms with van der Waals surface area (Å²) in [7, 11) is 0. The minimum Gasteiger partial charge on any atom is -0.398 e. The van der Waals surface area contributed by atoms with Gasteiger partial charge in [-0.25, -0.2) is 8.78 Å². The third-order valence-electron chi connectivity index (χ3n) is 5.14. The van der Waals surface area contributed by atoms with Gasteiger partial charge in [-0.2, -0.15) is 0 Å². The molecule has 0 saturated carbocycles. The van der Waals surface area contributed by atoms with Crippen LogP contribution < -0.4 is 5.73 Å². The summed E-state index contributed by atoms with van der Waals surface area (Å²) in [6, 6.07) is 2.44. The van der Waals surface area contributed by atoms with Crippen LogP contribution in [0.3, 0.4) is 0 Å². The molecule has 1 saturated heterocycles. The molecule has 2 amide bonds. The average Bonchev–Trinajstić information content (AvgIpc) is 2.60. The van der Waals surface area contributed by atoms with E-state index in [1.54, 1.807) is 16.7 Å². The molecule has 2 N–H and O–H groups in total. The minimum atomic E-state index is -1.58. The van der Waals surface area contributed by atoms with Gasteiger partial charge in [-0.1, -0.05) is 19.8 Å². The average molecular weight is 395 g/mol. The number of aryl methyl sites for hydroxylation is 1. The molecule has 1 heterocycles. The Balaban J connectivity index is 2.21. The fourth-order valence-electron chi connectivity index (χ4n) is 3.52. The van der Waals surface area contributed by atoms with E-state index in [0.29, 0.717) is 37.3 Å².